The lowest BCUT2D eigenvalue weighted by Gasteiger charge is -1.99. The van der Waals surface area contributed by atoms with E-state index in [2.05, 4.69) is 10.1 Å². The number of hydrogen-bond acceptors (Lipinski definition) is 4. The van der Waals surface area contributed by atoms with Gasteiger partial charge in [0.2, 0.25) is 0 Å². The fourth-order valence-corrected chi connectivity index (χ4v) is 1.98. The van der Waals surface area contributed by atoms with Gasteiger partial charge < -0.3 is 4.52 Å². The third-order valence-corrected chi connectivity index (χ3v) is 2.92. The number of nitrogens with one attached hydrogen (secondary N) is 1. The minimum Gasteiger partial charge on any atom is -0.348 e. The highest BCUT2D eigenvalue weighted by atomic mass is 32.2. The van der Waals surface area contributed by atoms with Crippen molar-refractivity contribution >= 4 is 24.0 Å². The summed E-state index contributed by atoms with van der Waals surface area (Å²) < 4.78 is 18.0. The van der Waals surface area contributed by atoms with Crippen molar-refractivity contribution in [2.24, 2.45) is 0 Å². The number of aromatic nitrogens is 2. The molecule has 0 aliphatic heterocycles. The molecule has 0 saturated carbocycles. The molecule has 0 saturated heterocycles. The molecule has 1 heterocycles. The Morgan fingerprint density at radius 2 is 2.27 bits per heavy atom. The van der Waals surface area contributed by atoms with Crippen LogP contribution in [0.1, 0.15) is 5.82 Å². The first-order valence-corrected chi connectivity index (χ1v) is 5.57. The standard InChI is InChI=1S/C9H7FN2OS2/c10-6-3-1-2-4-7(6)15-5-8-11-9(14)13-12-8/h1-4H,5H2,(H,11,12,14). The van der Waals surface area contributed by atoms with E-state index in [-0.39, 0.29) is 10.7 Å². The minimum atomic E-state index is -0.232. The highest BCUT2D eigenvalue weighted by Gasteiger charge is 2.03. The number of H-pyrrole nitrogens is 1. The van der Waals surface area contributed by atoms with E-state index in [9.17, 15) is 4.39 Å². The van der Waals surface area contributed by atoms with Gasteiger partial charge >= 0.3 is 4.84 Å². The van der Waals surface area contributed by atoms with Gasteiger partial charge in [0.25, 0.3) is 0 Å². The van der Waals surface area contributed by atoms with Gasteiger partial charge in [-0.3, -0.25) is 0 Å². The Labute approximate surface area is 94.7 Å². The maximum atomic E-state index is 13.2. The van der Waals surface area contributed by atoms with Crippen molar-refractivity contribution in [1.82, 2.24) is 10.1 Å². The summed E-state index contributed by atoms with van der Waals surface area (Å²) in [6.07, 6.45) is 0. The molecule has 0 unspecified atom stereocenters. The zero-order valence-corrected chi connectivity index (χ0v) is 9.20. The van der Waals surface area contributed by atoms with Crippen LogP contribution in [0.25, 0.3) is 0 Å². The summed E-state index contributed by atoms with van der Waals surface area (Å²) in [6, 6.07) is 6.58. The van der Waals surface area contributed by atoms with Gasteiger partial charge in [-0.25, -0.2) is 9.55 Å². The fourth-order valence-electron chi connectivity index (χ4n) is 1.03. The molecule has 0 bridgehead atoms. The molecule has 1 N–H and O–H groups in total. The zero-order valence-electron chi connectivity index (χ0n) is 7.57. The number of thioether (sulfide) groups is 1. The molecule has 3 nitrogen and oxygen atoms in total. The molecule has 1 aromatic carbocycles. The molecule has 0 amide bonds. The molecule has 2 aromatic rings. The summed E-state index contributed by atoms with van der Waals surface area (Å²) in [5, 5.41) is 2.56. The van der Waals surface area contributed by atoms with Crippen LogP contribution in [0.5, 0.6) is 0 Å². The van der Waals surface area contributed by atoms with Crippen LogP contribution in [-0.2, 0) is 5.75 Å². The molecule has 78 valence electrons. The summed E-state index contributed by atoms with van der Waals surface area (Å²) in [4.78, 5) is 4.65. The van der Waals surface area contributed by atoms with Crippen LogP contribution in [0.4, 0.5) is 4.39 Å². The zero-order chi connectivity index (χ0) is 10.7. The molecule has 0 aliphatic carbocycles. The number of hydrogen-bond donors (Lipinski definition) is 1. The Bertz CT molecular complexity index is 509. The third-order valence-electron chi connectivity index (χ3n) is 1.68. The molecule has 0 spiro atoms. The van der Waals surface area contributed by atoms with Crippen molar-refractivity contribution in [3.8, 4) is 0 Å². The topological polar surface area (TPSA) is 41.8 Å². The lowest BCUT2D eigenvalue weighted by molar-refractivity contribution is 0.400. The normalized spacial score (nSPS) is 10.5. The molecule has 6 heteroatoms. The monoisotopic (exact) mass is 242 g/mol. The molecule has 0 atom stereocenters. The van der Waals surface area contributed by atoms with Gasteiger partial charge in [-0.2, -0.15) is 4.98 Å². The Kier molecular flexibility index (Phi) is 3.17. The maximum Gasteiger partial charge on any atom is 0.314 e. The summed E-state index contributed by atoms with van der Waals surface area (Å²) in [7, 11) is 0. The van der Waals surface area contributed by atoms with Gasteiger partial charge in [0.05, 0.1) is 5.75 Å². The highest BCUT2D eigenvalue weighted by Crippen LogP contribution is 2.23. The van der Waals surface area contributed by atoms with Crippen molar-refractivity contribution < 1.29 is 8.91 Å². The number of aromatic amines is 1. The van der Waals surface area contributed by atoms with Crippen molar-refractivity contribution in [3.05, 3.63) is 40.7 Å². The van der Waals surface area contributed by atoms with Gasteiger partial charge in [0, 0.05) is 4.90 Å². The summed E-state index contributed by atoms with van der Waals surface area (Å²) in [5.74, 6) is 0.874. The fraction of sp³-hybridized carbons (Fsp3) is 0.111. The number of halogens is 1. The van der Waals surface area contributed by atoms with Gasteiger partial charge in [-0.1, -0.05) is 12.1 Å². The Balaban J connectivity index is 2.05. The third kappa shape index (κ3) is 2.66. The Hall–Kier alpha value is -1.14. The molecular weight excluding hydrogens is 235 g/mol. The SMILES string of the molecule is Fc1ccccc1SCc1nc(=S)o[nH]1. The van der Waals surface area contributed by atoms with Gasteiger partial charge in [0.15, 0.2) is 5.82 Å². The lowest BCUT2D eigenvalue weighted by atomic mass is 10.3. The Morgan fingerprint density at radius 1 is 1.47 bits per heavy atom. The first-order valence-electron chi connectivity index (χ1n) is 4.17. The summed E-state index contributed by atoms with van der Waals surface area (Å²) >= 11 is 6.04. The average Bonchev–Trinajstić information content (AvgIpc) is 2.63. The van der Waals surface area contributed by atoms with Gasteiger partial charge in [0.1, 0.15) is 5.82 Å². The first-order chi connectivity index (χ1) is 7.25. The van der Waals surface area contributed by atoms with Crippen LogP contribution in [0, 0.1) is 10.7 Å². The van der Waals surface area contributed by atoms with Crippen LogP contribution in [-0.4, -0.2) is 10.1 Å². The summed E-state index contributed by atoms with van der Waals surface area (Å²) in [5.41, 5.74) is 0. The van der Waals surface area contributed by atoms with Crippen molar-refractivity contribution in [2.75, 3.05) is 0 Å². The lowest BCUT2D eigenvalue weighted by Crippen LogP contribution is -1.85. The highest BCUT2D eigenvalue weighted by molar-refractivity contribution is 7.98. The van der Waals surface area contributed by atoms with E-state index in [0.29, 0.717) is 16.5 Å². The van der Waals surface area contributed by atoms with Crippen molar-refractivity contribution in [1.29, 1.82) is 0 Å². The van der Waals surface area contributed by atoms with Crippen LogP contribution in [0.3, 0.4) is 0 Å². The number of benzene rings is 1. The van der Waals surface area contributed by atoms with E-state index in [4.69, 9.17) is 16.7 Å². The number of rotatable bonds is 3. The van der Waals surface area contributed by atoms with Crippen LogP contribution >= 0.6 is 24.0 Å². The van der Waals surface area contributed by atoms with Crippen LogP contribution in [0.2, 0.25) is 0 Å². The molecule has 0 radical (unpaired) electrons. The second-order valence-corrected chi connectivity index (χ2v) is 4.11. The molecular formula is C9H7FN2OS2. The van der Waals surface area contributed by atoms with Gasteiger partial charge in [-0.05, 0) is 24.4 Å². The molecule has 2 rings (SSSR count). The Morgan fingerprint density at radius 3 is 2.93 bits per heavy atom. The van der Waals surface area contributed by atoms with Crippen LogP contribution < -0.4 is 0 Å². The predicted molar refractivity (Wildman–Crippen MR) is 57.6 cm³/mol. The number of nitrogens with zero attached hydrogens (tertiary/aromatic N) is 1. The van der Waals surface area contributed by atoms with Gasteiger partial charge in [-0.15, -0.1) is 11.8 Å². The van der Waals surface area contributed by atoms with Crippen molar-refractivity contribution in [2.45, 2.75) is 10.6 Å². The van der Waals surface area contributed by atoms with E-state index >= 15 is 0 Å². The van der Waals surface area contributed by atoms with E-state index in [1.165, 1.54) is 17.8 Å². The van der Waals surface area contributed by atoms with E-state index in [0.717, 1.165) is 0 Å². The largest absolute Gasteiger partial charge is 0.348 e. The molecule has 0 fully saturated rings. The minimum absolute atomic E-state index is 0.166. The smallest absolute Gasteiger partial charge is 0.314 e. The second kappa shape index (κ2) is 4.59. The van der Waals surface area contributed by atoms with Crippen molar-refractivity contribution in [3.63, 3.8) is 0 Å². The second-order valence-electron chi connectivity index (χ2n) is 2.75. The van der Waals surface area contributed by atoms with E-state index in [1.54, 1.807) is 18.2 Å². The molecule has 0 aliphatic rings. The van der Waals surface area contributed by atoms with E-state index < -0.39 is 0 Å². The quantitative estimate of drug-likeness (QED) is 0.663. The molecule has 1 aromatic heterocycles. The predicted octanol–water partition coefficient (Wildman–Crippen LogP) is 3.16. The van der Waals surface area contributed by atoms with Crippen LogP contribution in [0.15, 0.2) is 33.7 Å². The summed E-state index contributed by atoms with van der Waals surface area (Å²) in [6.45, 7) is 0. The van der Waals surface area contributed by atoms with E-state index in [1.807, 2.05) is 0 Å². The molecule has 15 heavy (non-hydrogen) atoms. The average molecular weight is 242 g/mol. The maximum absolute atomic E-state index is 13.2. The first kappa shape index (κ1) is 10.4.